The van der Waals surface area contributed by atoms with E-state index in [2.05, 4.69) is 37.3 Å². The predicted octanol–water partition coefficient (Wildman–Crippen LogP) is 4.58. The van der Waals surface area contributed by atoms with E-state index >= 15 is 0 Å². The average Bonchev–Trinajstić information content (AvgIpc) is 2.49. The second kappa shape index (κ2) is 6.77. The molecule has 0 saturated carbocycles. The van der Waals surface area contributed by atoms with Gasteiger partial charge in [-0.1, -0.05) is 43.7 Å². The zero-order valence-electron chi connectivity index (χ0n) is 12.0. The molecule has 2 aromatic carbocycles. The molecule has 20 heavy (non-hydrogen) atoms. The monoisotopic (exact) mass is 265 g/mol. The van der Waals surface area contributed by atoms with Crippen molar-refractivity contribution in [1.29, 1.82) is 5.26 Å². The van der Waals surface area contributed by atoms with Crippen molar-refractivity contribution in [3.05, 3.63) is 53.6 Å². The first-order chi connectivity index (χ1) is 9.78. The van der Waals surface area contributed by atoms with Crippen LogP contribution >= 0.6 is 0 Å². The van der Waals surface area contributed by atoms with Gasteiger partial charge in [0.25, 0.3) is 0 Å². The van der Waals surface area contributed by atoms with Crippen LogP contribution in [0.5, 0.6) is 5.75 Å². The quantitative estimate of drug-likeness (QED) is 0.793. The maximum atomic E-state index is 9.20. The Kier molecular flexibility index (Phi) is 4.79. The summed E-state index contributed by atoms with van der Waals surface area (Å²) in [6.07, 6.45) is 2.26. The molecular weight excluding hydrogens is 246 g/mol. The Morgan fingerprint density at radius 1 is 1.00 bits per heavy atom. The van der Waals surface area contributed by atoms with Gasteiger partial charge >= 0.3 is 0 Å². The predicted molar refractivity (Wildman–Crippen MR) is 81.8 cm³/mol. The highest BCUT2D eigenvalue weighted by Crippen LogP contribution is 2.26. The standard InChI is InChI=1S/C18H19NO/c1-3-5-14-6-8-15(9-7-14)16-10-11-18(20-4-2)17(12-16)13-19/h6-12H,3-5H2,1-2H3. The lowest BCUT2D eigenvalue weighted by atomic mass is 10.0. The molecule has 0 amide bonds. The van der Waals surface area contributed by atoms with Crippen LogP contribution in [0.25, 0.3) is 11.1 Å². The summed E-state index contributed by atoms with van der Waals surface area (Å²) in [6.45, 7) is 4.67. The van der Waals surface area contributed by atoms with Crippen molar-refractivity contribution in [3.8, 4) is 22.9 Å². The molecule has 2 rings (SSSR count). The fraction of sp³-hybridized carbons (Fsp3) is 0.278. The first-order valence-corrected chi connectivity index (χ1v) is 7.04. The van der Waals surface area contributed by atoms with E-state index in [-0.39, 0.29) is 0 Å². The zero-order valence-corrected chi connectivity index (χ0v) is 12.0. The van der Waals surface area contributed by atoms with Gasteiger partial charge in [-0.2, -0.15) is 5.26 Å². The molecule has 0 N–H and O–H groups in total. The number of nitrogens with zero attached hydrogens (tertiary/aromatic N) is 1. The molecule has 0 aliphatic rings. The Balaban J connectivity index is 2.31. The van der Waals surface area contributed by atoms with Gasteiger partial charge in [-0.25, -0.2) is 0 Å². The van der Waals surface area contributed by atoms with Gasteiger partial charge in [0.1, 0.15) is 11.8 Å². The topological polar surface area (TPSA) is 33.0 Å². The van der Waals surface area contributed by atoms with Crippen LogP contribution in [0.1, 0.15) is 31.4 Å². The minimum atomic E-state index is 0.569. The van der Waals surface area contributed by atoms with E-state index in [0.717, 1.165) is 24.0 Å². The van der Waals surface area contributed by atoms with Crippen LogP contribution in [0.3, 0.4) is 0 Å². The molecule has 102 valence electrons. The summed E-state index contributed by atoms with van der Waals surface area (Å²) < 4.78 is 5.45. The Morgan fingerprint density at radius 2 is 1.70 bits per heavy atom. The van der Waals surface area contributed by atoms with Crippen molar-refractivity contribution < 1.29 is 4.74 Å². The molecule has 2 heteroatoms. The summed E-state index contributed by atoms with van der Waals surface area (Å²) in [7, 11) is 0. The van der Waals surface area contributed by atoms with Crippen molar-refractivity contribution in [2.24, 2.45) is 0 Å². The third kappa shape index (κ3) is 3.19. The molecule has 2 aromatic rings. The van der Waals surface area contributed by atoms with Gasteiger partial charge < -0.3 is 4.74 Å². The van der Waals surface area contributed by atoms with Crippen LogP contribution in [0.4, 0.5) is 0 Å². The van der Waals surface area contributed by atoms with Gasteiger partial charge in [0, 0.05) is 0 Å². The summed E-state index contributed by atoms with van der Waals surface area (Å²) in [4.78, 5) is 0. The van der Waals surface area contributed by atoms with Gasteiger partial charge in [-0.3, -0.25) is 0 Å². The molecule has 0 unspecified atom stereocenters. The largest absolute Gasteiger partial charge is 0.492 e. The molecule has 0 atom stereocenters. The maximum Gasteiger partial charge on any atom is 0.137 e. The molecule has 0 fully saturated rings. The van der Waals surface area contributed by atoms with E-state index in [1.807, 2.05) is 25.1 Å². The summed E-state index contributed by atoms with van der Waals surface area (Å²) in [5.74, 6) is 0.654. The Morgan fingerprint density at radius 3 is 2.30 bits per heavy atom. The second-order valence-electron chi connectivity index (χ2n) is 4.70. The van der Waals surface area contributed by atoms with Crippen LogP contribution < -0.4 is 4.74 Å². The highest BCUT2D eigenvalue weighted by atomic mass is 16.5. The zero-order chi connectivity index (χ0) is 14.4. The highest BCUT2D eigenvalue weighted by molar-refractivity contribution is 5.67. The maximum absolute atomic E-state index is 9.20. The molecule has 0 heterocycles. The Labute approximate surface area is 120 Å². The smallest absolute Gasteiger partial charge is 0.137 e. The fourth-order valence-electron chi connectivity index (χ4n) is 2.23. The number of ether oxygens (including phenoxy) is 1. The fourth-order valence-corrected chi connectivity index (χ4v) is 2.23. The van der Waals surface area contributed by atoms with Crippen LogP contribution in [0.2, 0.25) is 0 Å². The summed E-state index contributed by atoms with van der Waals surface area (Å²) in [5.41, 5.74) is 4.11. The summed E-state index contributed by atoms with van der Waals surface area (Å²) in [6, 6.07) is 16.5. The molecule has 0 aromatic heterocycles. The third-order valence-corrected chi connectivity index (χ3v) is 3.23. The normalized spacial score (nSPS) is 10.1. The molecular formula is C18H19NO. The van der Waals surface area contributed by atoms with E-state index in [9.17, 15) is 5.26 Å². The Bertz CT molecular complexity index is 608. The first kappa shape index (κ1) is 14.1. The molecule has 0 bridgehead atoms. The molecule has 0 aliphatic carbocycles. The van der Waals surface area contributed by atoms with Crippen molar-refractivity contribution >= 4 is 0 Å². The highest BCUT2D eigenvalue weighted by Gasteiger charge is 2.06. The van der Waals surface area contributed by atoms with Crippen LogP contribution in [0, 0.1) is 11.3 Å². The molecule has 0 aliphatic heterocycles. The molecule has 0 saturated heterocycles. The number of benzene rings is 2. The minimum Gasteiger partial charge on any atom is -0.492 e. The number of hydrogen-bond acceptors (Lipinski definition) is 2. The van der Waals surface area contributed by atoms with Crippen LogP contribution in [-0.4, -0.2) is 6.61 Å². The van der Waals surface area contributed by atoms with Gasteiger partial charge in [0.15, 0.2) is 0 Å². The van der Waals surface area contributed by atoms with Gasteiger partial charge in [-0.05, 0) is 42.2 Å². The van der Waals surface area contributed by atoms with Gasteiger partial charge in [0.05, 0.1) is 12.2 Å². The van der Waals surface area contributed by atoms with E-state index in [0.29, 0.717) is 17.9 Å². The van der Waals surface area contributed by atoms with Gasteiger partial charge in [-0.15, -0.1) is 0 Å². The Hall–Kier alpha value is -2.27. The lowest BCUT2D eigenvalue weighted by molar-refractivity contribution is 0.339. The lowest BCUT2D eigenvalue weighted by Gasteiger charge is -2.08. The number of aryl methyl sites for hydroxylation is 1. The second-order valence-corrected chi connectivity index (χ2v) is 4.70. The number of nitriles is 1. The third-order valence-electron chi connectivity index (χ3n) is 3.23. The molecule has 0 spiro atoms. The van der Waals surface area contributed by atoms with E-state index in [1.165, 1.54) is 5.56 Å². The SMILES string of the molecule is CCCc1ccc(-c2ccc(OCC)c(C#N)c2)cc1. The molecule has 2 nitrogen and oxygen atoms in total. The van der Waals surface area contributed by atoms with Crippen LogP contribution in [-0.2, 0) is 6.42 Å². The summed E-state index contributed by atoms with van der Waals surface area (Å²) in [5, 5.41) is 9.20. The minimum absolute atomic E-state index is 0.569. The average molecular weight is 265 g/mol. The van der Waals surface area contributed by atoms with Gasteiger partial charge in [0.2, 0.25) is 0 Å². The summed E-state index contributed by atoms with van der Waals surface area (Å²) >= 11 is 0. The van der Waals surface area contributed by atoms with Crippen molar-refractivity contribution in [2.75, 3.05) is 6.61 Å². The first-order valence-electron chi connectivity index (χ1n) is 7.04. The van der Waals surface area contributed by atoms with E-state index in [4.69, 9.17) is 4.74 Å². The number of rotatable bonds is 5. The number of hydrogen-bond donors (Lipinski definition) is 0. The molecule has 0 radical (unpaired) electrons. The van der Waals surface area contributed by atoms with Crippen LogP contribution in [0.15, 0.2) is 42.5 Å². The van der Waals surface area contributed by atoms with E-state index in [1.54, 1.807) is 0 Å². The van der Waals surface area contributed by atoms with Crippen molar-refractivity contribution in [1.82, 2.24) is 0 Å². The van der Waals surface area contributed by atoms with Crippen molar-refractivity contribution in [3.63, 3.8) is 0 Å². The van der Waals surface area contributed by atoms with E-state index < -0.39 is 0 Å². The van der Waals surface area contributed by atoms with Crippen molar-refractivity contribution in [2.45, 2.75) is 26.7 Å². The lowest BCUT2D eigenvalue weighted by Crippen LogP contribution is -1.94.